The van der Waals surface area contributed by atoms with E-state index in [1.807, 2.05) is 0 Å². The summed E-state index contributed by atoms with van der Waals surface area (Å²) in [5.41, 5.74) is 0.551. The van der Waals surface area contributed by atoms with E-state index in [2.05, 4.69) is 21.2 Å². The number of anilines is 1. The highest BCUT2D eigenvalue weighted by Crippen LogP contribution is 2.29. The third-order valence-electron chi connectivity index (χ3n) is 2.73. The van der Waals surface area contributed by atoms with Crippen LogP contribution in [-0.4, -0.2) is 17.9 Å². The summed E-state index contributed by atoms with van der Waals surface area (Å²) in [6, 6.07) is 10.8. The van der Waals surface area contributed by atoms with E-state index >= 15 is 0 Å². The van der Waals surface area contributed by atoms with Crippen molar-refractivity contribution in [2.75, 3.05) is 12.4 Å². The third-order valence-corrected chi connectivity index (χ3v) is 3.22. The van der Waals surface area contributed by atoms with Crippen LogP contribution in [0.4, 0.5) is 11.4 Å². The van der Waals surface area contributed by atoms with Gasteiger partial charge in [0.25, 0.3) is 11.6 Å². The van der Waals surface area contributed by atoms with Gasteiger partial charge in [-0.2, -0.15) is 0 Å². The van der Waals surface area contributed by atoms with Crippen molar-refractivity contribution in [2.24, 2.45) is 0 Å². The second-order valence-corrected chi connectivity index (χ2v) is 5.02. The number of carbonyl (C=O) groups is 1. The van der Waals surface area contributed by atoms with Gasteiger partial charge in [-0.15, -0.1) is 0 Å². The Balaban J connectivity index is 2.31. The number of nitrogens with zero attached hydrogens (tertiary/aromatic N) is 1. The number of nitro groups is 1. The van der Waals surface area contributed by atoms with Gasteiger partial charge in [-0.25, -0.2) is 0 Å². The summed E-state index contributed by atoms with van der Waals surface area (Å²) in [5, 5.41) is 13.4. The number of non-ortho nitro benzene ring substituents is 1. The maximum absolute atomic E-state index is 12.2. The Hall–Kier alpha value is -2.41. The summed E-state index contributed by atoms with van der Waals surface area (Å²) < 4.78 is 5.86. The topological polar surface area (TPSA) is 81.5 Å². The number of hydrogen-bond acceptors (Lipinski definition) is 4. The van der Waals surface area contributed by atoms with Crippen LogP contribution in [0.5, 0.6) is 5.75 Å². The fourth-order valence-corrected chi connectivity index (χ4v) is 2.13. The molecule has 0 fully saturated rings. The average Bonchev–Trinajstić information content (AvgIpc) is 2.47. The highest BCUT2D eigenvalue weighted by molar-refractivity contribution is 9.10. The van der Waals surface area contributed by atoms with Crippen LogP contribution in [-0.2, 0) is 0 Å². The van der Waals surface area contributed by atoms with Crippen LogP contribution in [0, 0.1) is 10.1 Å². The third kappa shape index (κ3) is 3.57. The number of nitro benzene ring substituents is 1. The number of nitrogens with one attached hydrogen (secondary N) is 1. The molecule has 0 aliphatic rings. The molecule has 1 N–H and O–H groups in total. The molecule has 0 aliphatic heterocycles. The number of ether oxygens (including phenoxy) is 1. The molecule has 0 spiro atoms. The lowest BCUT2D eigenvalue weighted by Crippen LogP contribution is -2.12. The molecule has 0 saturated heterocycles. The molecular weight excluding hydrogens is 340 g/mol. The van der Waals surface area contributed by atoms with E-state index in [0.717, 1.165) is 4.47 Å². The molecule has 0 saturated carbocycles. The van der Waals surface area contributed by atoms with E-state index in [-0.39, 0.29) is 17.3 Å². The number of amides is 1. The second kappa shape index (κ2) is 6.36. The quantitative estimate of drug-likeness (QED) is 0.674. The zero-order valence-corrected chi connectivity index (χ0v) is 12.6. The Morgan fingerprint density at radius 2 is 2.05 bits per heavy atom. The molecule has 21 heavy (non-hydrogen) atoms. The monoisotopic (exact) mass is 350 g/mol. The van der Waals surface area contributed by atoms with Crippen molar-refractivity contribution in [3.8, 4) is 5.75 Å². The van der Waals surface area contributed by atoms with Gasteiger partial charge in [0.2, 0.25) is 0 Å². The van der Waals surface area contributed by atoms with Crippen LogP contribution in [0.15, 0.2) is 46.9 Å². The predicted octanol–water partition coefficient (Wildman–Crippen LogP) is 3.62. The minimum atomic E-state index is -0.534. The molecule has 0 aromatic heterocycles. The molecule has 0 heterocycles. The molecule has 1 amide bonds. The normalized spacial score (nSPS) is 10.0. The summed E-state index contributed by atoms with van der Waals surface area (Å²) in [6.07, 6.45) is 0. The van der Waals surface area contributed by atoms with Gasteiger partial charge in [0.1, 0.15) is 5.75 Å². The van der Waals surface area contributed by atoms with E-state index < -0.39 is 4.92 Å². The van der Waals surface area contributed by atoms with Crippen molar-refractivity contribution in [3.05, 3.63) is 62.6 Å². The van der Waals surface area contributed by atoms with E-state index in [1.54, 1.807) is 24.3 Å². The van der Waals surface area contributed by atoms with Crippen LogP contribution in [0.1, 0.15) is 10.4 Å². The van der Waals surface area contributed by atoms with Crippen LogP contribution in [0.2, 0.25) is 0 Å². The van der Waals surface area contributed by atoms with Gasteiger partial charge in [0.15, 0.2) is 0 Å². The minimum Gasteiger partial charge on any atom is -0.495 e. The van der Waals surface area contributed by atoms with Crippen LogP contribution in [0.3, 0.4) is 0 Å². The fourth-order valence-electron chi connectivity index (χ4n) is 1.73. The minimum absolute atomic E-state index is 0.125. The molecule has 2 aromatic carbocycles. The van der Waals surface area contributed by atoms with E-state index in [9.17, 15) is 14.9 Å². The molecule has 0 bridgehead atoms. The van der Waals surface area contributed by atoms with Crippen molar-refractivity contribution in [2.45, 2.75) is 0 Å². The largest absolute Gasteiger partial charge is 0.495 e. The Morgan fingerprint density at radius 1 is 1.29 bits per heavy atom. The van der Waals surface area contributed by atoms with Gasteiger partial charge in [0, 0.05) is 22.2 Å². The molecular formula is C14H11BrN2O4. The molecule has 0 unspecified atom stereocenters. The van der Waals surface area contributed by atoms with Crippen molar-refractivity contribution >= 4 is 33.2 Å². The first-order valence-corrected chi connectivity index (χ1v) is 6.70. The lowest BCUT2D eigenvalue weighted by Gasteiger charge is -2.10. The SMILES string of the molecule is COc1ccc([N+](=O)[O-])cc1NC(=O)c1cccc(Br)c1. The zero-order chi connectivity index (χ0) is 15.4. The zero-order valence-electron chi connectivity index (χ0n) is 11.0. The summed E-state index contributed by atoms with van der Waals surface area (Å²) in [6.45, 7) is 0. The number of hydrogen-bond donors (Lipinski definition) is 1. The molecule has 108 valence electrons. The highest BCUT2D eigenvalue weighted by atomic mass is 79.9. The second-order valence-electron chi connectivity index (χ2n) is 4.11. The average molecular weight is 351 g/mol. The highest BCUT2D eigenvalue weighted by Gasteiger charge is 2.14. The lowest BCUT2D eigenvalue weighted by atomic mass is 10.2. The maximum Gasteiger partial charge on any atom is 0.271 e. The Bertz CT molecular complexity index is 703. The fraction of sp³-hybridized carbons (Fsp3) is 0.0714. The number of carbonyl (C=O) groups excluding carboxylic acids is 1. The van der Waals surface area contributed by atoms with Crippen molar-refractivity contribution in [3.63, 3.8) is 0 Å². The van der Waals surface area contributed by atoms with E-state index in [1.165, 1.54) is 25.3 Å². The van der Waals surface area contributed by atoms with Gasteiger partial charge in [-0.05, 0) is 24.3 Å². The number of benzene rings is 2. The molecule has 2 aromatic rings. The van der Waals surface area contributed by atoms with E-state index in [0.29, 0.717) is 11.3 Å². The molecule has 7 heteroatoms. The maximum atomic E-state index is 12.2. The molecule has 2 rings (SSSR count). The first-order valence-electron chi connectivity index (χ1n) is 5.90. The smallest absolute Gasteiger partial charge is 0.271 e. The molecule has 6 nitrogen and oxygen atoms in total. The molecule has 0 atom stereocenters. The Morgan fingerprint density at radius 3 is 2.67 bits per heavy atom. The first kappa shape index (κ1) is 15.0. The van der Waals surface area contributed by atoms with Crippen molar-refractivity contribution in [1.82, 2.24) is 0 Å². The molecule has 0 aliphatic carbocycles. The molecule has 0 radical (unpaired) electrons. The summed E-state index contributed by atoms with van der Waals surface area (Å²) in [5.74, 6) is -0.0287. The van der Waals surface area contributed by atoms with Gasteiger partial charge >= 0.3 is 0 Å². The van der Waals surface area contributed by atoms with Crippen molar-refractivity contribution < 1.29 is 14.5 Å². The number of methoxy groups -OCH3 is 1. The summed E-state index contributed by atoms with van der Waals surface area (Å²) >= 11 is 3.28. The first-order chi connectivity index (χ1) is 10.0. The Labute approximate surface area is 129 Å². The predicted molar refractivity (Wildman–Crippen MR) is 81.7 cm³/mol. The van der Waals surface area contributed by atoms with Crippen molar-refractivity contribution in [1.29, 1.82) is 0 Å². The summed E-state index contributed by atoms with van der Waals surface area (Å²) in [4.78, 5) is 22.4. The Kier molecular flexibility index (Phi) is 4.54. The standard InChI is InChI=1S/C14H11BrN2O4/c1-21-13-6-5-11(17(19)20)8-12(13)16-14(18)9-3-2-4-10(15)7-9/h2-8H,1H3,(H,16,18). The van der Waals surface area contributed by atoms with Gasteiger partial charge in [-0.3, -0.25) is 14.9 Å². The van der Waals surface area contributed by atoms with Gasteiger partial charge in [0.05, 0.1) is 17.7 Å². The lowest BCUT2D eigenvalue weighted by molar-refractivity contribution is -0.384. The van der Waals surface area contributed by atoms with E-state index in [4.69, 9.17) is 4.74 Å². The van der Waals surface area contributed by atoms with Crippen LogP contribution in [0.25, 0.3) is 0 Å². The van der Waals surface area contributed by atoms with Crippen LogP contribution < -0.4 is 10.1 Å². The van der Waals surface area contributed by atoms with Gasteiger partial charge < -0.3 is 10.1 Å². The summed E-state index contributed by atoms with van der Waals surface area (Å²) in [7, 11) is 1.43. The van der Waals surface area contributed by atoms with Gasteiger partial charge in [-0.1, -0.05) is 22.0 Å². The number of rotatable bonds is 4. The van der Waals surface area contributed by atoms with Crippen LogP contribution >= 0.6 is 15.9 Å². The number of halogens is 1.